The number of carboxylic acid groups (broad SMARTS) is 1. The second-order valence-corrected chi connectivity index (χ2v) is 6.06. The number of hydrogen-bond donors (Lipinski definition) is 2. The normalized spacial score (nSPS) is 11.7. The number of para-hydroxylation sites is 1. The lowest BCUT2D eigenvalue weighted by Crippen LogP contribution is -2.47. The van der Waals surface area contributed by atoms with E-state index in [4.69, 9.17) is 0 Å². The van der Waals surface area contributed by atoms with Gasteiger partial charge in [-0.15, -0.1) is 5.10 Å². The van der Waals surface area contributed by atoms with Crippen LogP contribution in [0.5, 0.6) is 0 Å². The number of nitrogens with one attached hydrogen (secondary N) is 1. The van der Waals surface area contributed by atoms with Crippen LogP contribution in [0.2, 0.25) is 0 Å². The lowest BCUT2D eigenvalue weighted by Gasteiger charge is -2.25. The highest BCUT2D eigenvalue weighted by atomic mass is 19.1. The molecule has 0 aliphatic heterocycles. The molecule has 10 heteroatoms. The predicted molar refractivity (Wildman–Crippen MR) is 97.5 cm³/mol. The minimum absolute atomic E-state index is 0.0401. The summed E-state index contributed by atoms with van der Waals surface area (Å²) in [6, 6.07) is 4.78. The van der Waals surface area contributed by atoms with Crippen LogP contribution in [0.1, 0.15) is 37.2 Å². The predicted octanol–water partition coefficient (Wildman–Crippen LogP) is 1.02. The van der Waals surface area contributed by atoms with Crippen LogP contribution in [0, 0.1) is 5.82 Å². The molecule has 1 aromatic carbocycles. The van der Waals surface area contributed by atoms with Gasteiger partial charge in [-0.25, -0.2) is 18.9 Å². The van der Waals surface area contributed by atoms with Crippen molar-refractivity contribution in [2.24, 2.45) is 0 Å². The number of benzene rings is 1. The summed E-state index contributed by atoms with van der Waals surface area (Å²) < 4.78 is 15.4. The Morgan fingerprint density at radius 1 is 1.32 bits per heavy atom. The standard InChI is InChI=1S/C18H22FN5O4/c1-4-15-21-16(22-24(15)14-8-6-5-7-13(14)19)17(26)23(11(2)18(27)28)10-9-20-12(3)25/h5-8,11H,4,9-10H2,1-3H3,(H,20,25)(H,27,28). The van der Waals surface area contributed by atoms with Gasteiger partial charge in [0.05, 0.1) is 0 Å². The molecule has 1 aromatic heterocycles. The number of amides is 2. The molecule has 0 fully saturated rings. The third kappa shape index (κ3) is 4.70. The van der Waals surface area contributed by atoms with Crippen molar-refractivity contribution in [1.29, 1.82) is 0 Å². The third-order valence-corrected chi connectivity index (χ3v) is 4.07. The van der Waals surface area contributed by atoms with Crippen molar-refractivity contribution in [3.05, 3.63) is 41.7 Å². The molecule has 0 radical (unpaired) electrons. The highest BCUT2D eigenvalue weighted by Crippen LogP contribution is 2.16. The Bertz CT molecular complexity index is 883. The van der Waals surface area contributed by atoms with Crippen LogP contribution >= 0.6 is 0 Å². The van der Waals surface area contributed by atoms with Crippen molar-refractivity contribution in [3.8, 4) is 5.69 Å². The molecule has 1 heterocycles. The van der Waals surface area contributed by atoms with Gasteiger partial charge in [0.25, 0.3) is 5.91 Å². The van der Waals surface area contributed by atoms with E-state index in [1.54, 1.807) is 13.0 Å². The van der Waals surface area contributed by atoms with Crippen LogP contribution in [-0.2, 0) is 16.0 Å². The summed E-state index contributed by atoms with van der Waals surface area (Å²) in [6.07, 6.45) is 0.384. The van der Waals surface area contributed by atoms with Crippen LogP contribution in [0.3, 0.4) is 0 Å². The first kappa shape index (κ1) is 21.0. The van der Waals surface area contributed by atoms with E-state index in [0.29, 0.717) is 12.2 Å². The molecule has 0 aliphatic rings. The van der Waals surface area contributed by atoms with Crippen molar-refractivity contribution in [1.82, 2.24) is 25.0 Å². The van der Waals surface area contributed by atoms with Crippen molar-refractivity contribution in [2.75, 3.05) is 13.1 Å². The fraction of sp³-hybridized carbons (Fsp3) is 0.389. The fourth-order valence-corrected chi connectivity index (χ4v) is 2.57. The molecule has 0 aliphatic carbocycles. The number of aliphatic carboxylic acids is 1. The fourth-order valence-electron chi connectivity index (χ4n) is 2.57. The monoisotopic (exact) mass is 391 g/mol. The topological polar surface area (TPSA) is 117 Å². The maximum absolute atomic E-state index is 14.1. The Morgan fingerprint density at radius 2 is 2.00 bits per heavy atom. The lowest BCUT2D eigenvalue weighted by molar-refractivity contribution is -0.141. The second-order valence-electron chi connectivity index (χ2n) is 6.06. The number of carboxylic acids is 1. The van der Waals surface area contributed by atoms with Gasteiger partial charge in [-0.3, -0.25) is 9.59 Å². The summed E-state index contributed by atoms with van der Waals surface area (Å²) >= 11 is 0. The van der Waals surface area contributed by atoms with Crippen molar-refractivity contribution >= 4 is 17.8 Å². The van der Waals surface area contributed by atoms with Crippen LogP contribution < -0.4 is 5.32 Å². The smallest absolute Gasteiger partial charge is 0.326 e. The van der Waals surface area contributed by atoms with E-state index in [-0.39, 0.29) is 30.5 Å². The molecule has 150 valence electrons. The summed E-state index contributed by atoms with van der Waals surface area (Å²) in [5.74, 6) is -2.63. The second kappa shape index (κ2) is 9.07. The highest BCUT2D eigenvalue weighted by molar-refractivity contribution is 5.93. The van der Waals surface area contributed by atoms with Gasteiger partial charge in [-0.1, -0.05) is 19.1 Å². The molecule has 2 N–H and O–H groups in total. The zero-order valence-corrected chi connectivity index (χ0v) is 15.8. The third-order valence-electron chi connectivity index (χ3n) is 4.07. The van der Waals surface area contributed by atoms with Crippen LogP contribution in [0.15, 0.2) is 24.3 Å². The highest BCUT2D eigenvalue weighted by Gasteiger charge is 2.29. The van der Waals surface area contributed by atoms with Gasteiger partial charge in [0.15, 0.2) is 0 Å². The van der Waals surface area contributed by atoms with Gasteiger partial charge < -0.3 is 15.3 Å². The molecular weight excluding hydrogens is 369 g/mol. The average Bonchev–Trinajstić information content (AvgIpc) is 3.08. The largest absolute Gasteiger partial charge is 0.480 e. The van der Waals surface area contributed by atoms with E-state index in [0.717, 1.165) is 4.90 Å². The van der Waals surface area contributed by atoms with Crippen molar-refractivity contribution < 1.29 is 23.9 Å². The van der Waals surface area contributed by atoms with E-state index in [2.05, 4.69) is 15.4 Å². The number of halogens is 1. The minimum atomic E-state index is -1.21. The quantitative estimate of drug-likeness (QED) is 0.694. The molecule has 2 amide bonds. The van der Waals surface area contributed by atoms with Gasteiger partial charge in [0.2, 0.25) is 11.7 Å². The first-order chi connectivity index (χ1) is 13.3. The van der Waals surface area contributed by atoms with E-state index in [9.17, 15) is 23.9 Å². The maximum atomic E-state index is 14.1. The Balaban J connectivity index is 2.37. The average molecular weight is 391 g/mol. The number of carbonyl (C=O) groups excluding carboxylic acids is 2. The molecule has 1 atom stereocenters. The summed E-state index contributed by atoms with van der Waals surface area (Å²) in [6.45, 7) is 4.49. The number of aryl methyl sites for hydroxylation is 1. The SMILES string of the molecule is CCc1nc(C(=O)N(CCNC(C)=O)C(C)C(=O)O)nn1-c1ccccc1F. The summed E-state index contributed by atoms with van der Waals surface area (Å²) in [7, 11) is 0. The van der Waals surface area contributed by atoms with E-state index < -0.39 is 23.7 Å². The summed E-state index contributed by atoms with van der Waals surface area (Å²) in [5, 5.41) is 15.9. The molecule has 0 saturated heterocycles. The first-order valence-corrected chi connectivity index (χ1v) is 8.75. The van der Waals surface area contributed by atoms with Crippen LogP contribution in [0.25, 0.3) is 5.69 Å². The first-order valence-electron chi connectivity index (χ1n) is 8.75. The number of carbonyl (C=O) groups is 3. The number of hydrogen-bond acceptors (Lipinski definition) is 5. The molecule has 9 nitrogen and oxygen atoms in total. The van der Waals surface area contributed by atoms with Crippen molar-refractivity contribution in [3.63, 3.8) is 0 Å². The van der Waals surface area contributed by atoms with Gasteiger partial charge in [0, 0.05) is 26.4 Å². The molecule has 2 aromatic rings. The van der Waals surface area contributed by atoms with Gasteiger partial charge >= 0.3 is 5.97 Å². The molecule has 0 bridgehead atoms. The Hall–Kier alpha value is -3.30. The lowest BCUT2D eigenvalue weighted by atomic mass is 10.2. The number of rotatable bonds is 8. The number of aromatic nitrogens is 3. The minimum Gasteiger partial charge on any atom is -0.480 e. The Morgan fingerprint density at radius 3 is 2.57 bits per heavy atom. The molecule has 1 unspecified atom stereocenters. The van der Waals surface area contributed by atoms with E-state index in [1.807, 2.05) is 0 Å². The van der Waals surface area contributed by atoms with Gasteiger partial charge in [-0.2, -0.15) is 0 Å². The van der Waals surface area contributed by atoms with E-state index >= 15 is 0 Å². The molecule has 0 saturated carbocycles. The summed E-state index contributed by atoms with van der Waals surface area (Å²) in [4.78, 5) is 40.5. The van der Waals surface area contributed by atoms with E-state index in [1.165, 1.54) is 36.7 Å². The zero-order chi connectivity index (χ0) is 20.8. The van der Waals surface area contributed by atoms with Crippen LogP contribution in [-0.4, -0.2) is 61.7 Å². The van der Waals surface area contributed by atoms with Gasteiger partial charge in [-0.05, 0) is 19.1 Å². The number of nitrogens with zero attached hydrogens (tertiary/aromatic N) is 4. The van der Waals surface area contributed by atoms with Crippen LogP contribution in [0.4, 0.5) is 4.39 Å². The Kier molecular flexibility index (Phi) is 6.80. The molecule has 28 heavy (non-hydrogen) atoms. The molecule has 0 spiro atoms. The maximum Gasteiger partial charge on any atom is 0.326 e. The zero-order valence-electron chi connectivity index (χ0n) is 15.8. The van der Waals surface area contributed by atoms with Gasteiger partial charge in [0.1, 0.15) is 23.4 Å². The molecule has 2 rings (SSSR count). The summed E-state index contributed by atoms with van der Waals surface area (Å²) in [5.41, 5.74) is 0.141. The van der Waals surface area contributed by atoms with Crippen molar-refractivity contribution in [2.45, 2.75) is 33.2 Å². The Labute approximate surface area is 161 Å². The molecular formula is C18H22FN5O4.